The van der Waals surface area contributed by atoms with Crippen LogP contribution >= 0.6 is 0 Å². The molecule has 0 saturated carbocycles. The number of nitrogens with one attached hydrogen (secondary N) is 5. The predicted molar refractivity (Wildman–Crippen MR) is 320 cm³/mol. The van der Waals surface area contributed by atoms with E-state index in [4.69, 9.17) is 4.74 Å². The first-order valence-electron chi connectivity index (χ1n) is 26.2. The minimum Gasteiger partial charge on any atom is -0.463 e. The van der Waals surface area contributed by atoms with Gasteiger partial charge in [-0.1, -0.05) is 86.3 Å². The Morgan fingerprint density at radius 3 is 1.37 bits per heavy atom. The fourth-order valence-corrected chi connectivity index (χ4v) is 9.36. The van der Waals surface area contributed by atoms with Crippen LogP contribution < -0.4 is 5.32 Å². The monoisotopic (exact) mass is 1080 g/mol. The molecule has 2 unspecified atom stereocenters. The lowest BCUT2D eigenvalue weighted by atomic mass is 9.89. The molecule has 0 spiro atoms. The molecule has 0 radical (unpaired) electrons. The number of pyridine rings is 4. The van der Waals surface area contributed by atoms with Crippen LogP contribution in [0.3, 0.4) is 0 Å². The summed E-state index contributed by atoms with van der Waals surface area (Å²) in [6.45, 7) is 3.24. The minimum absolute atomic E-state index is 0. The van der Waals surface area contributed by atoms with E-state index in [1.165, 1.54) is 22.8 Å². The summed E-state index contributed by atoms with van der Waals surface area (Å²) in [5.74, 6) is 0.140. The highest BCUT2D eigenvalue weighted by Crippen LogP contribution is 2.32. The molecule has 8 heterocycles. The number of carbonyl (C=O) groups is 1. The lowest BCUT2D eigenvalue weighted by Crippen LogP contribution is -2.13. The number of hydrogen-bond donors (Lipinski definition) is 7. The van der Waals surface area contributed by atoms with Crippen molar-refractivity contribution in [3.63, 3.8) is 0 Å². The van der Waals surface area contributed by atoms with E-state index < -0.39 is 0 Å². The van der Waals surface area contributed by atoms with Gasteiger partial charge >= 0.3 is 5.97 Å². The number of hydrogen-bond acceptors (Lipinski definition) is 13. The van der Waals surface area contributed by atoms with Gasteiger partial charge in [-0.25, -0.2) is 4.79 Å². The highest BCUT2D eigenvalue weighted by molar-refractivity contribution is 5.97. The molecule has 8 aromatic heterocycles. The second-order valence-electron chi connectivity index (χ2n) is 18.5. The first-order chi connectivity index (χ1) is 39.4. The van der Waals surface area contributed by atoms with Crippen molar-refractivity contribution >= 4 is 60.7 Å². The van der Waals surface area contributed by atoms with E-state index in [0.717, 1.165) is 95.5 Å². The van der Waals surface area contributed by atoms with Gasteiger partial charge < -0.3 is 20.3 Å². The van der Waals surface area contributed by atoms with Crippen LogP contribution in [-0.2, 0) is 9.53 Å². The predicted octanol–water partition coefficient (Wildman–Crippen LogP) is 11.1. The molecule has 0 bridgehead atoms. The molecule has 17 heteroatoms. The van der Waals surface area contributed by atoms with Gasteiger partial charge in [0.05, 0.1) is 60.1 Å². The minimum atomic E-state index is -0.369. The van der Waals surface area contributed by atoms with E-state index in [1.807, 2.05) is 117 Å². The molecule has 81 heavy (non-hydrogen) atoms. The van der Waals surface area contributed by atoms with Crippen LogP contribution in [0.5, 0.6) is 0 Å². The van der Waals surface area contributed by atoms with Gasteiger partial charge in [-0.2, -0.15) is 20.4 Å². The molecule has 410 valence electrons. The summed E-state index contributed by atoms with van der Waals surface area (Å²) in [5.41, 5.74) is 14.3. The molecule has 12 rings (SSSR count). The van der Waals surface area contributed by atoms with Crippen LogP contribution in [0.4, 0.5) is 0 Å². The zero-order chi connectivity index (χ0) is 55.3. The van der Waals surface area contributed by atoms with Gasteiger partial charge in [0.25, 0.3) is 0 Å². The zero-order valence-corrected chi connectivity index (χ0v) is 44.3. The largest absolute Gasteiger partial charge is 0.463 e. The lowest BCUT2D eigenvalue weighted by molar-refractivity contribution is -0.137. The number of fused-ring (bicyclic) bond motifs is 4. The SMILES string of the molecule is C.CCOC(=O)/C=C(\c1cccnc1)c1ccc2cn[nH]c2c1.CNCCC(c1cccnc1)c1ccc2cn[nH]c2c1.OC/C=C(\c1cccnc1)c1ccc2cn[nH]c2c1.OCCC(c1cccnc1)c1ccc2cn[nH]c2c1. The number of ether oxygens (including phenoxy) is 1. The van der Waals surface area contributed by atoms with Crippen molar-refractivity contribution < 1.29 is 19.7 Å². The number of rotatable bonds is 16. The van der Waals surface area contributed by atoms with Crippen molar-refractivity contribution in [2.24, 2.45) is 0 Å². The summed E-state index contributed by atoms with van der Waals surface area (Å²) in [5, 5.41) is 54.1. The van der Waals surface area contributed by atoms with E-state index in [9.17, 15) is 15.0 Å². The normalized spacial score (nSPS) is 12.0. The van der Waals surface area contributed by atoms with Crippen LogP contribution in [0.1, 0.15) is 83.5 Å². The van der Waals surface area contributed by atoms with E-state index in [0.29, 0.717) is 18.9 Å². The van der Waals surface area contributed by atoms with E-state index in [-0.39, 0.29) is 32.5 Å². The maximum Gasteiger partial charge on any atom is 0.331 e. The number of aromatic amines is 4. The highest BCUT2D eigenvalue weighted by Gasteiger charge is 2.17. The standard InChI is InChI=1S/C17H15N3O2.C16H18N4.C15H15N3O.C15H13N3O.CH4/c1-2-22-17(21)9-15(13-4-3-7-18-10-13)12-5-6-14-11-19-20-16(14)8-12;1-17-8-6-15(13-3-2-7-18-10-13)12-4-5-14-11-19-20-16(14)9-12;2*19-7-5-14(12-2-1-6-16-9-12)11-3-4-13-10-17-18-15(13)8-11;/h3-11H,2H2,1H3,(H,19,20);2-5,7,9-11,15,17H,6,8H2,1H3,(H,19,20);1-4,6,8-10,14,19H,5,7H2,(H,17,18);1-6,8-10,19H,7H2,(H,17,18);1H4/b15-9-;;;14-5-;. The Morgan fingerprint density at radius 1 is 0.519 bits per heavy atom. The Balaban J connectivity index is 0.000000141. The van der Waals surface area contributed by atoms with E-state index in [1.54, 1.807) is 56.4 Å². The van der Waals surface area contributed by atoms with Gasteiger partial charge in [0.1, 0.15) is 0 Å². The first-order valence-corrected chi connectivity index (χ1v) is 26.2. The number of aliphatic hydroxyl groups excluding tert-OH is 2. The molecule has 4 aromatic carbocycles. The number of nitrogens with zero attached hydrogens (tertiary/aromatic N) is 8. The van der Waals surface area contributed by atoms with Crippen LogP contribution in [-0.4, -0.2) is 110 Å². The second kappa shape index (κ2) is 29.2. The number of aliphatic hydroxyl groups is 2. The molecule has 0 aliphatic rings. The van der Waals surface area contributed by atoms with Crippen molar-refractivity contribution in [3.8, 4) is 0 Å². The smallest absolute Gasteiger partial charge is 0.331 e. The summed E-state index contributed by atoms with van der Waals surface area (Å²) in [6, 6.07) is 40.4. The average Bonchev–Trinajstić information content (AvgIpc) is 4.49. The van der Waals surface area contributed by atoms with Gasteiger partial charge in [0, 0.05) is 107 Å². The third-order valence-electron chi connectivity index (χ3n) is 13.3. The first kappa shape index (κ1) is 57.4. The topological polar surface area (TPSA) is 245 Å². The third-order valence-corrected chi connectivity index (χ3v) is 13.3. The Morgan fingerprint density at radius 2 is 0.951 bits per heavy atom. The number of esters is 1. The maximum atomic E-state index is 11.9. The van der Waals surface area contributed by atoms with Gasteiger partial charge in [0.15, 0.2) is 0 Å². The van der Waals surface area contributed by atoms with Crippen molar-refractivity contribution in [1.29, 1.82) is 0 Å². The molecule has 2 atom stereocenters. The van der Waals surface area contributed by atoms with Crippen LogP contribution in [0, 0.1) is 0 Å². The van der Waals surface area contributed by atoms with Crippen molar-refractivity contribution in [2.45, 2.75) is 39.0 Å². The third kappa shape index (κ3) is 15.1. The molecular weight excluding hydrogens is 1010 g/mol. The molecule has 0 saturated heterocycles. The van der Waals surface area contributed by atoms with Crippen LogP contribution in [0.2, 0.25) is 0 Å². The van der Waals surface area contributed by atoms with Gasteiger partial charge in [-0.3, -0.25) is 40.3 Å². The number of carbonyl (C=O) groups excluding carboxylic acids is 1. The molecular formula is C64H65N13O4. The van der Waals surface area contributed by atoms with Crippen LogP contribution in [0.25, 0.3) is 54.8 Å². The van der Waals surface area contributed by atoms with Gasteiger partial charge in [-0.15, -0.1) is 0 Å². The zero-order valence-electron chi connectivity index (χ0n) is 44.3. The molecule has 0 aliphatic heterocycles. The Hall–Kier alpha value is -9.81. The van der Waals surface area contributed by atoms with E-state index in [2.05, 4.69) is 109 Å². The highest BCUT2D eigenvalue weighted by atomic mass is 16.5. The second-order valence-corrected chi connectivity index (χ2v) is 18.5. The summed E-state index contributed by atoms with van der Waals surface area (Å²) < 4.78 is 5.03. The van der Waals surface area contributed by atoms with Gasteiger partial charge in [-0.05, 0) is 126 Å². The molecule has 0 aliphatic carbocycles. The van der Waals surface area contributed by atoms with Crippen molar-refractivity contribution in [2.75, 3.05) is 33.4 Å². The molecule has 0 amide bonds. The molecule has 7 N–H and O–H groups in total. The average molecular weight is 1080 g/mol. The molecule has 0 fully saturated rings. The van der Waals surface area contributed by atoms with Crippen molar-refractivity contribution in [1.82, 2.24) is 66.0 Å². The van der Waals surface area contributed by atoms with Crippen LogP contribution in [0.15, 0.2) is 208 Å². The van der Waals surface area contributed by atoms with Crippen molar-refractivity contribution in [3.05, 3.63) is 252 Å². The molecule has 12 aromatic rings. The quantitative estimate of drug-likeness (QED) is 0.0352. The fourth-order valence-electron chi connectivity index (χ4n) is 9.36. The van der Waals surface area contributed by atoms with Gasteiger partial charge in [0.2, 0.25) is 0 Å². The Bertz CT molecular complexity index is 3900. The molecule has 17 nitrogen and oxygen atoms in total. The Kier molecular flexibility index (Phi) is 20.7. The number of H-pyrrole nitrogens is 4. The maximum absolute atomic E-state index is 11.9. The van der Waals surface area contributed by atoms with E-state index >= 15 is 0 Å². The summed E-state index contributed by atoms with van der Waals surface area (Å²) in [7, 11) is 1.98. The lowest BCUT2D eigenvalue weighted by Gasteiger charge is -2.17. The number of benzene rings is 4. The Labute approximate surface area is 469 Å². The fraction of sp³-hybridized carbons (Fsp3) is 0.172. The summed E-state index contributed by atoms with van der Waals surface area (Å²) in [6.07, 6.45) is 26.6. The summed E-state index contributed by atoms with van der Waals surface area (Å²) in [4.78, 5) is 28.5. The number of aromatic nitrogens is 12. The summed E-state index contributed by atoms with van der Waals surface area (Å²) >= 11 is 0.